The Kier molecular flexibility index (Phi) is 5.49. The van der Waals surface area contributed by atoms with E-state index in [-0.39, 0.29) is 0 Å². The van der Waals surface area contributed by atoms with Gasteiger partial charge in [-0.05, 0) is 42.0 Å². The molecule has 2 aromatic heterocycles. The number of aromatic nitrogens is 2. The minimum absolute atomic E-state index is 0.373. The van der Waals surface area contributed by atoms with Crippen LogP contribution in [0.2, 0.25) is 10.0 Å². The second-order valence-electron chi connectivity index (χ2n) is 5.42. The number of pyridine rings is 2. The highest BCUT2D eigenvalue weighted by atomic mass is 35.5. The van der Waals surface area contributed by atoms with Crippen LogP contribution in [0.25, 0.3) is 0 Å². The van der Waals surface area contributed by atoms with E-state index >= 15 is 0 Å². The van der Waals surface area contributed by atoms with E-state index in [2.05, 4.69) is 16.0 Å². The lowest BCUT2D eigenvalue weighted by atomic mass is 10.2. The summed E-state index contributed by atoms with van der Waals surface area (Å²) in [5, 5.41) is 10.1. The summed E-state index contributed by atoms with van der Waals surface area (Å²) >= 11 is 12.1. The van der Waals surface area contributed by atoms with Gasteiger partial charge in [-0.3, -0.25) is 4.98 Å². The van der Waals surface area contributed by atoms with Crippen LogP contribution in [0.15, 0.2) is 60.8 Å². The van der Waals surface area contributed by atoms with Gasteiger partial charge < -0.3 is 4.90 Å². The number of hydrogen-bond acceptors (Lipinski definition) is 4. The first-order valence-corrected chi connectivity index (χ1v) is 8.37. The quantitative estimate of drug-likeness (QED) is 0.644. The molecule has 0 N–H and O–H groups in total. The molecule has 0 radical (unpaired) electrons. The summed E-state index contributed by atoms with van der Waals surface area (Å²) < 4.78 is 0. The SMILES string of the molecule is N#Cc1cccc(N(Cc2ccc(Cl)c(Cl)c2)Cc2ccccn2)n1. The third-order valence-corrected chi connectivity index (χ3v) is 4.35. The van der Waals surface area contributed by atoms with Crippen molar-refractivity contribution in [1.29, 1.82) is 5.26 Å². The van der Waals surface area contributed by atoms with E-state index in [9.17, 15) is 0 Å². The van der Waals surface area contributed by atoms with Crippen LogP contribution in [-0.4, -0.2) is 9.97 Å². The van der Waals surface area contributed by atoms with Crippen molar-refractivity contribution in [1.82, 2.24) is 9.97 Å². The first kappa shape index (κ1) is 17.2. The van der Waals surface area contributed by atoms with Gasteiger partial charge in [-0.2, -0.15) is 5.26 Å². The molecule has 0 fully saturated rings. The van der Waals surface area contributed by atoms with E-state index < -0.39 is 0 Å². The molecule has 4 nitrogen and oxygen atoms in total. The van der Waals surface area contributed by atoms with Gasteiger partial charge in [0.05, 0.1) is 22.3 Å². The second-order valence-corrected chi connectivity index (χ2v) is 6.23. The predicted molar refractivity (Wildman–Crippen MR) is 99.5 cm³/mol. The molecular formula is C19H14Cl2N4. The number of anilines is 1. The average Bonchev–Trinajstić information content (AvgIpc) is 2.65. The largest absolute Gasteiger partial charge is 0.346 e. The fourth-order valence-corrected chi connectivity index (χ4v) is 2.75. The van der Waals surface area contributed by atoms with Crippen LogP contribution in [0.4, 0.5) is 5.82 Å². The summed E-state index contributed by atoms with van der Waals surface area (Å²) in [4.78, 5) is 10.8. The Morgan fingerprint density at radius 1 is 0.960 bits per heavy atom. The van der Waals surface area contributed by atoms with Gasteiger partial charge in [-0.25, -0.2) is 4.98 Å². The highest BCUT2D eigenvalue weighted by Crippen LogP contribution is 2.25. The third-order valence-electron chi connectivity index (χ3n) is 3.61. The first-order valence-electron chi connectivity index (χ1n) is 7.61. The molecule has 124 valence electrons. The minimum atomic E-state index is 0.373. The molecule has 0 unspecified atom stereocenters. The summed E-state index contributed by atoms with van der Waals surface area (Å²) in [7, 11) is 0. The lowest BCUT2D eigenvalue weighted by molar-refractivity contribution is 0.766. The molecule has 0 bridgehead atoms. The third kappa shape index (κ3) is 4.48. The molecule has 0 spiro atoms. The fourth-order valence-electron chi connectivity index (χ4n) is 2.43. The maximum Gasteiger partial charge on any atom is 0.142 e. The van der Waals surface area contributed by atoms with Gasteiger partial charge in [0.15, 0.2) is 0 Å². The van der Waals surface area contributed by atoms with Crippen LogP contribution in [0.5, 0.6) is 0 Å². The van der Waals surface area contributed by atoms with E-state index in [1.807, 2.05) is 47.4 Å². The van der Waals surface area contributed by atoms with Gasteiger partial charge in [0.25, 0.3) is 0 Å². The standard InChI is InChI=1S/C19H14Cl2N4/c20-17-8-7-14(10-18(17)21)12-25(13-16-4-1-2-9-23-16)19-6-3-5-15(11-22)24-19/h1-10H,12-13H2. The lowest BCUT2D eigenvalue weighted by Crippen LogP contribution is -2.23. The molecule has 25 heavy (non-hydrogen) atoms. The first-order chi connectivity index (χ1) is 12.2. The number of hydrogen-bond donors (Lipinski definition) is 0. The van der Waals surface area contributed by atoms with Crippen LogP contribution < -0.4 is 4.90 Å². The minimum Gasteiger partial charge on any atom is -0.346 e. The van der Waals surface area contributed by atoms with Gasteiger partial charge in [0.1, 0.15) is 17.6 Å². The van der Waals surface area contributed by atoms with Gasteiger partial charge in [-0.15, -0.1) is 0 Å². The summed E-state index contributed by atoms with van der Waals surface area (Å²) in [6.45, 7) is 1.12. The number of benzene rings is 1. The number of rotatable bonds is 5. The fraction of sp³-hybridized carbons (Fsp3) is 0.105. The molecule has 3 aromatic rings. The van der Waals surface area contributed by atoms with E-state index in [4.69, 9.17) is 28.5 Å². The molecule has 0 aliphatic rings. The normalized spacial score (nSPS) is 10.3. The monoisotopic (exact) mass is 368 g/mol. The van der Waals surface area contributed by atoms with Crippen molar-refractivity contribution in [3.63, 3.8) is 0 Å². The van der Waals surface area contributed by atoms with Gasteiger partial charge in [0.2, 0.25) is 0 Å². The maximum atomic E-state index is 9.11. The van der Waals surface area contributed by atoms with Crippen molar-refractivity contribution >= 4 is 29.0 Å². The summed E-state index contributed by atoms with van der Waals surface area (Å²) in [5.74, 6) is 0.704. The molecule has 0 saturated carbocycles. The van der Waals surface area contributed by atoms with Crippen LogP contribution in [0.3, 0.4) is 0 Å². The van der Waals surface area contributed by atoms with E-state index in [1.165, 1.54) is 0 Å². The second kappa shape index (κ2) is 7.98. The van der Waals surface area contributed by atoms with Gasteiger partial charge in [0, 0.05) is 12.7 Å². The number of nitrogens with zero attached hydrogens (tertiary/aromatic N) is 4. The van der Waals surface area contributed by atoms with Crippen molar-refractivity contribution in [2.45, 2.75) is 13.1 Å². The van der Waals surface area contributed by atoms with E-state index in [1.54, 1.807) is 18.3 Å². The maximum absolute atomic E-state index is 9.11. The van der Waals surface area contributed by atoms with Gasteiger partial charge in [-0.1, -0.05) is 41.4 Å². The van der Waals surface area contributed by atoms with E-state index in [0.29, 0.717) is 34.6 Å². The summed E-state index contributed by atoms with van der Waals surface area (Å²) in [5.41, 5.74) is 2.28. The van der Waals surface area contributed by atoms with Crippen LogP contribution in [0.1, 0.15) is 17.0 Å². The van der Waals surface area contributed by atoms with Crippen molar-refractivity contribution in [2.24, 2.45) is 0 Å². The molecule has 3 rings (SSSR count). The smallest absolute Gasteiger partial charge is 0.142 e. The van der Waals surface area contributed by atoms with Crippen molar-refractivity contribution in [3.05, 3.63) is 87.8 Å². The molecule has 0 aliphatic carbocycles. The zero-order valence-corrected chi connectivity index (χ0v) is 14.7. The molecule has 0 aliphatic heterocycles. The highest BCUT2D eigenvalue weighted by Gasteiger charge is 2.12. The van der Waals surface area contributed by atoms with Crippen LogP contribution in [-0.2, 0) is 13.1 Å². The van der Waals surface area contributed by atoms with Gasteiger partial charge >= 0.3 is 0 Å². The Bertz CT molecular complexity index is 907. The predicted octanol–water partition coefficient (Wildman–Crippen LogP) is 4.86. The molecule has 2 heterocycles. The topological polar surface area (TPSA) is 52.8 Å². The zero-order chi connectivity index (χ0) is 17.6. The van der Waals surface area contributed by atoms with Crippen molar-refractivity contribution in [2.75, 3.05) is 4.90 Å². The lowest BCUT2D eigenvalue weighted by Gasteiger charge is -2.24. The summed E-state index contributed by atoms with van der Waals surface area (Å²) in [6, 6.07) is 18.8. The molecule has 0 saturated heterocycles. The average molecular weight is 369 g/mol. The highest BCUT2D eigenvalue weighted by molar-refractivity contribution is 6.42. The Labute approximate surface area is 156 Å². The summed E-state index contributed by atoms with van der Waals surface area (Å²) in [6.07, 6.45) is 1.76. The zero-order valence-electron chi connectivity index (χ0n) is 13.2. The van der Waals surface area contributed by atoms with E-state index in [0.717, 1.165) is 11.3 Å². The number of nitriles is 1. The Hall–Kier alpha value is -2.61. The Morgan fingerprint density at radius 2 is 1.84 bits per heavy atom. The van der Waals surface area contributed by atoms with Crippen molar-refractivity contribution in [3.8, 4) is 6.07 Å². The molecule has 0 atom stereocenters. The molecular weight excluding hydrogens is 355 g/mol. The van der Waals surface area contributed by atoms with Crippen LogP contribution >= 0.6 is 23.2 Å². The molecule has 1 aromatic carbocycles. The Balaban J connectivity index is 1.93. The Morgan fingerprint density at radius 3 is 2.56 bits per heavy atom. The molecule has 6 heteroatoms. The van der Waals surface area contributed by atoms with Crippen molar-refractivity contribution < 1.29 is 0 Å². The number of halogens is 2. The molecule has 0 amide bonds. The van der Waals surface area contributed by atoms with Crippen LogP contribution in [0, 0.1) is 11.3 Å².